The molecule has 0 amide bonds. The lowest BCUT2D eigenvalue weighted by molar-refractivity contribution is 0.602. The number of para-hydroxylation sites is 2. The summed E-state index contributed by atoms with van der Waals surface area (Å²) >= 11 is 19.1. The molecule has 2 aromatic carbocycles. The van der Waals surface area contributed by atoms with E-state index in [0.29, 0.717) is 21.0 Å². The van der Waals surface area contributed by atoms with Crippen molar-refractivity contribution in [2.75, 3.05) is 0 Å². The Hall–Kier alpha value is -1.07. The topological polar surface area (TPSA) is 25.8 Å². The van der Waals surface area contributed by atoms with Gasteiger partial charge in [-0.05, 0) is 24.3 Å². The maximum atomic E-state index is 13.8. The highest BCUT2D eigenvalue weighted by molar-refractivity contribution is 7.99. The van der Waals surface area contributed by atoms with Gasteiger partial charge in [0.2, 0.25) is 3.79 Å². The van der Waals surface area contributed by atoms with Crippen LogP contribution in [0.1, 0.15) is 5.69 Å². The fourth-order valence-electron chi connectivity index (χ4n) is 1.87. The zero-order chi connectivity index (χ0) is 15.7. The van der Waals surface area contributed by atoms with Gasteiger partial charge in [0.1, 0.15) is 16.5 Å². The fraction of sp³-hybridized carbons (Fsp3) is 0.0667. The Labute approximate surface area is 145 Å². The number of fused-ring (bicyclic) bond motifs is 1. The van der Waals surface area contributed by atoms with Crippen LogP contribution in [0.15, 0.2) is 58.5 Å². The quantitative estimate of drug-likeness (QED) is 0.535. The number of hydrogen-bond acceptors (Lipinski definition) is 3. The van der Waals surface area contributed by atoms with Gasteiger partial charge in [0.05, 0.1) is 11.0 Å². The third-order valence-electron chi connectivity index (χ3n) is 2.85. The summed E-state index contributed by atoms with van der Waals surface area (Å²) in [6.07, 6.45) is 0. The van der Waals surface area contributed by atoms with Crippen molar-refractivity contribution >= 4 is 57.6 Å². The second-order valence-electron chi connectivity index (χ2n) is 4.40. The van der Waals surface area contributed by atoms with Gasteiger partial charge in [0.15, 0.2) is 0 Å². The lowest BCUT2D eigenvalue weighted by Gasteiger charge is -2.15. The Morgan fingerprint density at radius 3 is 2.09 bits per heavy atom. The second kappa shape index (κ2) is 6.20. The van der Waals surface area contributed by atoms with Gasteiger partial charge in [-0.1, -0.05) is 70.8 Å². The molecule has 0 saturated heterocycles. The maximum Gasteiger partial charge on any atom is 0.235 e. The number of halogens is 4. The lowest BCUT2D eigenvalue weighted by Crippen LogP contribution is -2.08. The number of aromatic nitrogens is 2. The van der Waals surface area contributed by atoms with Crippen molar-refractivity contribution in [2.24, 2.45) is 0 Å². The molecular weight excluding hydrogens is 366 g/mol. The molecule has 0 N–H and O–H groups in total. The number of benzene rings is 2. The second-order valence-corrected chi connectivity index (χ2v) is 7.71. The summed E-state index contributed by atoms with van der Waals surface area (Å²) in [5.74, 6) is -0.363. The van der Waals surface area contributed by atoms with Crippen molar-refractivity contribution in [3.05, 3.63) is 60.0 Å². The van der Waals surface area contributed by atoms with E-state index in [4.69, 9.17) is 34.8 Å². The van der Waals surface area contributed by atoms with E-state index in [1.807, 2.05) is 12.1 Å². The highest BCUT2D eigenvalue weighted by Crippen LogP contribution is 2.43. The van der Waals surface area contributed by atoms with Crippen molar-refractivity contribution in [1.82, 2.24) is 9.97 Å². The molecule has 1 aromatic heterocycles. The smallest absolute Gasteiger partial charge is 0.235 e. The molecule has 0 atom stereocenters. The number of hydrogen-bond donors (Lipinski definition) is 0. The van der Waals surface area contributed by atoms with Crippen LogP contribution in [0.25, 0.3) is 11.0 Å². The first-order chi connectivity index (χ1) is 10.4. The highest BCUT2D eigenvalue weighted by atomic mass is 35.6. The molecule has 3 rings (SSSR count). The molecule has 0 spiro atoms. The standard InChI is InChI=1S/C15H8Cl3FN2S/c16-15(17,18)13-14(22-12-8-4-1-5-9(12)19)21-11-7-3-2-6-10(11)20-13/h1-8H. The Morgan fingerprint density at radius 2 is 1.45 bits per heavy atom. The lowest BCUT2D eigenvalue weighted by atomic mass is 10.3. The van der Waals surface area contributed by atoms with E-state index in [2.05, 4.69) is 9.97 Å². The summed E-state index contributed by atoms with van der Waals surface area (Å²) < 4.78 is 12.1. The summed E-state index contributed by atoms with van der Waals surface area (Å²) in [5.41, 5.74) is 1.45. The Morgan fingerprint density at radius 1 is 0.864 bits per heavy atom. The molecule has 0 aliphatic heterocycles. The van der Waals surface area contributed by atoms with Crippen LogP contribution in [-0.2, 0) is 3.79 Å². The number of alkyl halides is 3. The Balaban J connectivity index is 2.16. The van der Waals surface area contributed by atoms with Crippen LogP contribution in [0, 0.1) is 5.82 Å². The van der Waals surface area contributed by atoms with Crippen molar-refractivity contribution in [1.29, 1.82) is 0 Å². The van der Waals surface area contributed by atoms with E-state index in [1.165, 1.54) is 6.07 Å². The van der Waals surface area contributed by atoms with Gasteiger partial charge in [-0.2, -0.15) is 0 Å². The Kier molecular flexibility index (Phi) is 4.46. The monoisotopic (exact) mass is 372 g/mol. The SMILES string of the molecule is Fc1ccccc1Sc1nc2ccccc2nc1C(Cl)(Cl)Cl. The molecule has 1 heterocycles. The molecule has 3 aromatic rings. The largest absolute Gasteiger partial charge is 0.244 e. The van der Waals surface area contributed by atoms with Crippen LogP contribution in [0.5, 0.6) is 0 Å². The van der Waals surface area contributed by atoms with Crippen LogP contribution < -0.4 is 0 Å². The minimum Gasteiger partial charge on any atom is -0.244 e. The number of nitrogens with zero attached hydrogens (tertiary/aromatic N) is 2. The average molecular weight is 374 g/mol. The minimum absolute atomic E-state index is 0.185. The van der Waals surface area contributed by atoms with Crippen molar-refractivity contribution < 1.29 is 4.39 Å². The summed E-state index contributed by atoms with van der Waals surface area (Å²) in [5, 5.41) is 0.365. The van der Waals surface area contributed by atoms with Gasteiger partial charge < -0.3 is 0 Å². The predicted molar refractivity (Wildman–Crippen MR) is 89.3 cm³/mol. The number of rotatable bonds is 2. The van der Waals surface area contributed by atoms with Gasteiger partial charge in [-0.15, -0.1) is 0 Å². The summed E-state index contributed by atoms with van der Waals surface area (Å²) in [4.78, 5) is 9.22. The first kappa shape index (κ1) is 15.8. The van der Waals surface area contributed by atoms with Gasteiger partial charge in [0.25, 0.3) is 0 Å². The average Bonchev–Trinajstić information content (AvgIpc) is 2.48. The van der Waals surface area contributed by atoms with Crippen LogP contribution in [0.3, 0.4) is 0 Å². The molecule has 22 heavy (non-hydrogen) atoms. The van der Waals surface area contributed by atoms with Gasteiger partial charge >= 0.3 is 0 Å². The molecule has 0 bridgehead atoms. The summed E-state index contributed by atoms with van der Waals surface area (Å²) in [7, 11) is 0. The first-order valence-electron chi connectivity index (χ1n) is 6.21. The van der Waals surface area contributed by atoms with E-state index in [1.54, 1.807) is 30.3 Å². The molecule has 0 aliphatic carbocycles. The maximum absolute atomic E-state index is 13.8. The van der Waals surface area contributed by atoms with E-state index < -0.39 is 3.79 Å². The minimum atomic E-state index is -1.75. The third-order valence-corrected chi connectivity index (χ3v) is 4.42. The van der Waals surface area contributed by atoms with Gasteiger partial charge in [-0.25, -0.2) is 14.4 Å². The molecule has 0 saturated carbocycles. The van der Waals surface area contributed by atoms with Crippen molar-refractivity contribution in [3.8, 4) is 0 Å². The predicted octanol–water partition coefficient (Wildman–Crippen LogP) is 5.75. The summed E-state index contributed by atoms with van der Waals surface area (Å²) in [6.45, 7) is 0. The first-order valence-corrected chi connectivity index (χ1v) is 8.16. The van der Waals surface area contributed by atoms with Gasteiger partial charge in [0, 0.05) is 4.90 Å². The molecule has 0 aliphatic rings. The summed E-state index contributed by atoms with van der Waals surface area (Å²) in [6, 6.07) is 13.6. The van der Waals surface area contributed by atoms with Crippen LogP contribution >= 0.6 is 46.6 Å². The zero-order valence-corrected chi connectivity index (χ0v) is 14.0. The molecule has 7 heteroatoms. The van der Waals surface area contributed by atoms with E-state index in [0.717, 1.165) is 11.8 Å². The molecule has 2 nitrogen and oxygen atoms in total. The fourth-order valence-corrected chi connectivity index (χ4v) is 3.39. The zero-order valence-electron chi connectivity index (χ0n) is 10.9. The molecule has 0 unspecified atom stereocenters. The molecular formula is C15H8Cl3FN2S. The van der Waals surface area contributed by atoms with Crippen LogP contribution in [-0.4, -0.2) is 9.97 Å². The normalized spacial score (nSPS) is 11.8. The van der Waals surface area contributed by atoms with E-state index >= 15 is 0 Å². The molecule has 0 fully saturated rings. The van der Waals surface area contributed by atoms with E-state index in [9.17, 15) is 4.39 Å². The van der Waals surface area contributed by atoms with E-state index in [-0.39, 0.29) is 11.5 Å². The molecule has 112 valence electrons. The third kappa shape index (κ3) is 3.30. The van der Waals surface area contributed by atoms with Gasteiger partial charge in [-0.3, -0.25) is 0 Å². The highest BCUT2D eigenvalue weighted by Gasteiger charge is 2.30. The Bertz CT molecular complexity index is 836. The van der Waals surface area contributed by atoms with Crippen LogP contribution in [0.2, 0.25) is 0 Å². The molecule has 0 radical (unpaired) electrons. The van der Waals surface area contributed by atoms with Crippen LogP contribution in [0.4, 0.5) is 4.39 Å². The van der Waals surface area contributed by atoms with Crippen molar-refractivity contribution in [2.45, 2.75) is 13.7 Å². The van der Waals surface area contributed by atoms with Crippen molar-refractivity contribution in [3.63, 3.8) is 0 Å².